The number of anilines is 1. The molecule has 0 spiro atoms. The fraction of sp³-hybridized carbons (Fsp3) is 0.368. The highest BCUT2D eigenvalue weighted by molar-refractivity contribution is 7.18. The topological polar surface area (TPSA) is 70.7 Å². The van der Waals surface area contributed by atoms with Crippen molar-refractivity contribution in [1.29, 1.82) is 0 Å². The molecule has 2 heterocycles. The van der Waals surface area contributed by atoms with Crippen LogP contribution >= 0.6 is 11.3 Å². The number of methoxy groups -OCH3 is 1. The molecule has 2 N–H and O–H groups in total. The Labute approximate surface area is 157 Å². The van der Waals surface area contributed by atoms with E-state index in [1.165, 1.54) is 11.3 Å². The molecule has 138 valence electrons. The summed E-state index contributed by atoms with van der Waals surface area (Å²) in [7, 11) is 3.51. The van der Waals surface area contributed by atoms with E-state index in [4.69, 9.17) is 4.74 Å². The summed E-state index contributed by atoms with van der Waals surface area (Å²) in [6.07, 6.45) is 2.09. The summed E-state index contributed by atoms with van der Waals surface area (Å²) in [4.78, 5) is 27.5. The fourth-order valence-electron chi connectivity index (χ4n) is 3.00. The second-order valence-corrected chi connectivity index (χ2v) is 7.31. The molecule has 1 aromatic carbocycles. The Bertz CT molecular complexity index is 773. The Kier molecular flexibility index (Phi) is 5.90. The normalized spacial score (nSPS) is 17.0. The molecule has 1 aliphatic rings. The van der Waals surface area contributed by atoms with Gasteiger partial charge in [0, 0.05) is 24.7 Å². The third kappa shape index (κ3) is 4.23. The molecule has 2 aromatic rings. The summed E-state index contributed by atoms with van der Waals surface area (Å²) < 4.78 is 5.09. The Morgan fingerprint density at radius 3 is 2.65 bits per heavy atom. The van der Waals surface area contributed by atoms with Crippen molar-refractivity contribution in [3.05, 3.63) is 46.8 Å². The Balaban J connectivity index is 1.63. The number of likely N-dealkylation sites (tertiary alicyclic amines) is 1. The molecule has 0 radical (unpaired) electrons. The van der Waals surface area contributed by atoms with Crippen LogP contribution in [0.5, 0.6) is 5.75 Å². The maximum Gasteiger partial charge on any atom is 0.264 e. The number of likely N-dealkylation sites (N-methyl/N-ethyl adjacent to an activating group) is 1. The zero-order valence-corrected chi connectivity index (χ0v) is 15.8. The third-order valence-electron chi connectivity index (χ3n) is 4.52. The molecule has 0 saturated carbocycles. The van der Waals surface area contributed by atoms with Gasteiger partial charge in [0.05, 0.1) is 17.0 Å². The summed E-state index contributed by atoms with van der Waals surface area (Å²) in [6, 6.07) is 10.8. The van der Waals surface area contributed by atoms with Crippen LogP contribution in [-0.2, 0) is 0 Å². The van der Waals surface area contributed by atoms with Gasteiger partial charge >= 0.3 is 0 Å². The van der Waals surface area contributed by atoms with Gasteiger partial charge in [-0.25, -0.2) is 0 Å². The van der Waals surface area contributed by atoms with Crippen LogP contribution in [0.3, 0.4) is 0 Å². The number of hydrogen-bond acceptors (Lipinski definition) is 5. The summed E-state index contributed by atoms with van der Waals surface area (Å²) >= 11 is 1.31. The predicted molar refractivity (Wildman–Crippen MR) is 103 cm³/mol. The molecule has 1 unspecified atom stereocenters. The molecular weight excluding hydrogens is 350 g/mol. The quantitative estimate of drug-likeness (QED) is 0.846. The van der Waals surface area contributed by atoms with Gasteiger partial charge in [0.2, 0.25) is 0 Å². The first kappa shape index (κ1) is 18.4. The second-order valence-electron chi connectivity index (χ2n) is 6.23. The number of nitrogens with zero attached hydrogens (tertiary/aromatic N) is 1. The van der Waals surface area contributed by atoms with Crippen molar-refractivity contribution in [1.82, 2.24) is 10.2 Å². The number of amides is 2. The minimum absolute atomic E-state index is 0.0277. The van der Waals surface area contributed by atoms with E-state index in [0.717, 1.165) is 25.9 Å². The van der Waals surface area contributed by atoms with E-state index >= 15 is 0 Å². The van der Waals surface area contributed by atoms with Gasteiger partial charge in [-0.15, -0.1) is 11.3 Å². The van der Waals surface area contributed by atoms with Gasteiger partial charge in [0.1, 0.15) is 5.75 Å². The zero-order chi connectivity index (χ0) is 18.5. The Morgan fingerprint density at radius 2 is 1.96 bits per heavy atom. The second kappa shape index (κ2) is 8.33. The monoisotopic (exact) mass is 373 g/mol. The summed E-state index contributed by atoms with van der Waals surface area (Å²) in [6.45, 7) is 1.50. The van der Waals surface area contributed by atoms with E-state index in [1.54, 1.807) is 43.5 Å². The van der Waals surface area contributed by atoms with Crippen LogP contribution < -0.4 is 15.4 Å². The van der Waals surface area contributed by atoms with Gasteiger partial charge in [-0.1, -0.05) is 0 Å². The molecule has 1 aromatic heterocycles. The van der Waals surface area contributed by atoms with Gasteiger partial charge in [-0.05, 0) is 56.3 Å². The predicted octanol–water partition coefficient (Wildman–Crippen LogP) is 2.83. The number of carbonyl (C=O) groups excluding carboxylic acids is 2. The first-order chi connectivity index (χ1) is 12.6. The van der Waals surface area contributed by atoms with Crippen LogP contribution in [0.2, 0.25) is 0 Å². The average Bonchev–Trinajstić information content (AvgIpc) is 3.15. The molecule has 2 amide bonds. The minimum Gasteiger partial charge on any atom is -0.497 e. The average molecular weight is 373 g/mol. The molecule has 6 nitrogen and oxygen atoms in total. The maximum absolute atomic E-state index is 12.7. The largest absolute Gasteiger partial charge is 0.497 e. The summed E-state index contributed by atoms with van der Waals surface area (Å²) in [5, 5.41) is 6.75. The highest BCUT2D eigenvalue weighted by Gasteiger charge is 2.24. The van der Waals surface area contributed by atoms with Crippen molar-refractivity contribution < 1.29 is 14.3 Å². The number of nitrogens with one attached hydrogen (secondary N) is 2. The van der Waals surface area contributed by atoms with Crippen LogP contribution in [0.1, 0.15) is 32.9 Å². The lowest BCUT2D eigenvalue weighted by atomic mass is 10.1. The maximum atomic E-state index is 12.7. The number of benzene rings is 1. The summed E-state index contributed by atoms with van der Waals surface area (Å²) in [5.74, 6) is 0.522. The minimum atomic E-state index is -0.207. The van der Waals surface area contributed by atoms with E-state index in [9.17, 15) is 9.59 Å². The molecule has 1 atom stereocenters. The van der Waals surface area contributed by atoms with Crippen LogP contribution in [0.25, 0.3) is 0 Å². The molecule has 1 fully saturated rings. The Hall–Kier alpha value is -2.38. The van der Waals surface area contributed by atoms with E-state index < -0.39 is 0 Å². The van der Waals surface area contributed by atoms with Gasteiger partial charge in [0.15, 0.2) is 0 Å². The Morgan fingerprint density at radius 1 is 1.19 bits per heavy atom. The van der Waals surface area contributed by atoms with Gasteiger partial charge in [-0.3, -0.25) is 9.59 Å². The first-order valence-corrected chi connectivity index (χ1v) is 9.44. The fourth-order valence-corrected chi connectivity index (χ4v) is 3.87. The highest BCUT2D eigenvalue weighted by atomic mass is 32.1. The molecular formula is C19H23N3O3S. The van der Waals surface area contributed by atoms with Crippen LogP contribution in [0.15, 0.2) is 36.4 Å². The SMILES string of the molecule is CNC1CCCN(C(=O)c2ccc(NC(=O)c3ccc(OC)cc3)s2)C1. The summed E-state index contributed by atoms with van der Waals surface area (Å²) in [5.41, 5.74) is 0.542. The lowest BCUT2D eigenvalue weighted by molar-refractivity contribution is 0.0703. The molecule has 0 bridgehead atoms. The van der Waals surface area contributed by atoms with E-state index in [1.807, 2.05) is 11.9 Å². The standard InChI is InChI=1S/C19H23N3O3S/c1-20-14-4-3-11-22(12-14)19(24)16-9-10-17(26-16)21-18(23)13-5-7-15(25-2)8-6-13/h5-10,14,20H,3-4,11-12H2,1-2H3,(H,21,23). The number of piperidine rings is 1. The van der Waals surface area contributed by atoms with Crippen molar-refractivity contribution in [2.75, 3.05) is 32.6 Å². The van der Waals surface area contributed by atoms with Crippen LogP contribution in [0, 0.1) is 0 Å². The van der Waals surface area contributed by atoms with Crippen molar-refractivity contribution in [2.45, 2.75) is 18.9 Å². The number of thiophene rings is 1. The van der Waals surface area contributed by atoms with Gasteiger partial charge in [-0.2, -0.15) is 0 Å². The molecule has 0 aliphatic carbocycles. The number of hydrogen-bond donors (Lipinski definition) is 2. The number of rotatable bonds is 5. The van der Waals surface area contributed by atoms with Crippen LogP contribution in [-0.4, -0.2) is 50.0 Å². The van der Waals surface area contributed by atoms with Crippen molar-refractivity contribution in [2.24, 2.45) is 0 Å². The third-order valence-corrected chi connectivity index (χ3v) is 5.51. The molecule has 7 heteroatoms. The van der Waals surface area contributed by atoms with Gasteiger partial charge in [0.25, 0.3) is 11.8 Å². The van der Waals surface area contributed by atoms with E-state index in [-0.39, 0.29) is 11.8 Å². The van der Waals surface area contributed by atoms with E-state index in [0.29, 0.717) is 27.2 Å². The molecule has 1 aliphatic heterocycles. The highest BCUT2D eigenvalue weighted by Crippen LogP contribution is 2.25. The smallest absolute Gasteiger partial charge is 0.264 e. The molecule has 26 heavy (non-hydrogen) atoms. The van der Waals surface area contributed by atoms with E-state index in [2.05, 4.69) is 10.6 Å². The lowest BCUT2D eigenvalue weighted by Gasteiger charge is -2.32. The first-order valence-electron chi connectivity index (χ1n) is 8.62. The number of ether oxygens (including phenoxy) is 1. The van der Waals surface area contributed by atoms with Crippen molar-refractivity contribution in [3.8, 4) is 5.75 Å². The van der Waals surface area contributed by atoms with Crippen LogP contribution in [0.4, 0.5) is 5.00 Å². The van der Waals surface area contributed by atoms with Crippen molar-refractivity contribution >= 4 is 28.2 Å². The molecule has 3 rings (SSSR count). The zero-order valence-electron chi connectivity index (χ0n) is 15.0. The number of carbonyl (C=O) groups is 2. The lowest BCUT2D eigenvalue weighted by Crippen LogP contribution is -2.46. The van der Waals surface area contributed by atoms with Gasteiger partial charge < -0.3 is 20.3 Å². The van der Waals surface area contributed by atoms with Crippen molar-refractivity contribution in [3.63, 3.8) is 0 Å². The molecule has 1 saturated heterocycles.